The smallest absolute Gasteiger partial charge is 0.329 e. The second-order valence-corrected chi connectivity index (χ2v) is 3.32. The van der Waals surface area contributed by atoms with E-state index in [1.807, 2.05) is 4.90 Å². The van der Waals surface area contributed by atoms with E-state index in [1.165, 1.54) is 0 Å². The second kappa shape index (κ2) is 4.87. The molecule has 0 aliphatic carbocycles. The Labute approximate surface area is 77.5 Å². The normalized spacial score (nSPS) is 19.6. The summed E-state index contributed by atoms with van der Waals surface area (Å²) in [5.74, 6) is -0.515. The summed E-state index contributed by atoms with van der Waals surface area (Å²) in [7, 11) is 0. The van der Waals surface area contributed by atoms with Gasteiger partial charge in [-0.2, -0.15) is 0 Å². The number of aliphatic hydroxyl groups is 1. The number of nitrogens with zero attached hydrogens (tertiary/aromatic N) is 1. The zero-order valence-corrected chi connectivity index (χ0v) is 7.52. The molecule has 2 N–H and O–H groups in total. The van der Waals surface area contributed by atoms with Crippen LogP contribution in [0.5, 0.6) is 0 Å². The predicted octanol–water partition coefficient (Wildman–Crippen LogP) is 0.289. The first kappa shape index (κ1) is 10.1. The van der Waals surface area contributed by atoms with Gasteiger partial charge in [-0.15, -0.1) is 0 Å². The fraction of sp³-hybridized carbons (Fsp3) is 0.667. The summed E-state index contributed by atoms with van der Waals surface area (Å²) in [6.45, 7) is 1.93. The summed E-state index contributed by atoms with van der Waals surface area (Å²) in [4.78, 5) is 12.2. The van der Waals surface area contributed by atoms with Crippen molar-refractivity contribution in [3.63, 3.8) is 0 Å². The number of carboxylic acid groups (broad SMARTS) is 1. The molecule has 0 aromatic carbocycles. The van der Waals surface area contributed by atoms with Crippen LogP contribution in [0.1, 0.15) is 12.8 Å². The van der Waals surface area contributed by atoms with Crippen molar-refractivity contribution in [1.29, 1.82) is 0 Å². The van der Waals surface area contributed by atoms with Crippen LogP contribution in [-0.4, -0.2) is 40.8 Å². The second-order valence-electron chi connectivity index (χ2n) is 3.32. The molecule has 1 fully saturated rings. The fourth-order valence-corrected chi connectivity index (χ4v) is 1.45. The Morgan fingerprint density at radius 3 is 2.54 bits per heavy atom. The van der Waals surface area contributed by atoms with E-state index in [-0.39, 0.29) is 6.61 Å². The monoisotopic (exact) mass is 185 g/mol. The van der Waals surface area contributed by atoms with Gasteiger partial charge in [0, 0.05) is 32.0 Å². The molecule has 0 amide bonds. The SMILES string of the molecule is O=C(O)C=CN1CCC(CO)CC1. The molecule has 0 spiro atoms. The molecule has 4 heteroatoms. The molecule has 74 valence electrons. The van der Waals surface area contributed by atoms with E-state index in [2.05, 4.69) is 0 Å². The molecule has 0 bridgehead atoms. The van der Waals surface area contributed by atoms with Gasteiger partial charge in [0.15, 0.2) is 0 Å². The first-order valence-electron chi connectivity index (χ1n) is 4.48. The first-order valence-corrected chi connectivity index (χ1v) is 4.48. The summed E-state index contributed by atoms with van der Waals surface area (Å²) in [6, 6.07) is 0. The molecule has 0 aromatic heterocycles. The third kappa shape index (κ3) is 3.46. The van der Waals surface area contributed by atoms with Gasteiger partial charge in [-0.3, -0.25) is 0 Å². The third-order valence-electron chi connectivity index (χ3n) is 2.34. The largest absolute Gasteiger partial charge is 0.478 e. The van der Waals surface area contributed by atoms with Crippen LogP contribution >= 0.6 is 0 Å². The van der Waals surface area contributed by atoms with Gasteiger partial charge >= 0.3 is 5.97 Å². The van der Waals surface area contributed by atoms with Gasteiger partial charge in [0.1, 0.15) is 0 Å². The number of rotatable bonds is 3. The lowest BCUT2D eigenvalue weighted by molar-refractivity contribution is -0.131. The highest BCUT2D eigenvalue weighted by atomic mass is 16.4. The maximum atomic E-state index is 10.2. The number of piperidine rings is 1. The van der Waals surface area contributed by atoms with Gasteiger partial charge in [-0.25, -0.2) is 4.79 Å². The predicted molar refractivity (Wildman–Crippen MR) is 48.2 cm³/mol. The maximum Gasteiger partial charge on any atom is 0.329 e. The Kier molecular flexibility index (Phi) is 3.76. The Bertz CT molecular complexity index is 195. The van der Waals surface area contributed by atoms with Crippen molar-refractivity contribution in [2.45, 2.75) is 12.8 Å². The lowest BCUT2D eigenvalue weighted by Crippen LogP contribution is -2.31. The van der Waals surface area contributed by atoms with Crippen LogP contribution in [0, 0.1) is 5.92 Å². The molecule has 1 aliphatic heterocycles. The fourth-order valence-electron chi connectivity index (χ4n) is 1.45. The summed E-state index contributed by atoms with van der Waals surface area (Å²) in [5.41, 5.74) is 0. The molecular weight excluding hydrogens is 170 g/mol. The molecule has 0 unspecified atom stereocenters. The number of carbonyl (C=O) groups is 1. The number of carboxylic acids is 1. The van der Waals surface area contributed by atoms with Crippen LogP contribution in [0.25, 0.3) is 0 Å². The van der Waals surface area contributed by atoms with Crippen LogP contribution in [0.3, 0.4) is 0 Å². The van der Waals surface area contributed by atoms with Crippen molar-refractivity contribution in [3.8, 4) is 0 Å². The minimum absolute atomic E-state index is 0.247. The zero-order chi connectivity index (χ0) is 9.68. The zero-order valence-electron chi connectivity index (χ0n) is 7.52. The van der Waals surface area contributed by atoms with E-state index in [4.69, 9.17) is 10.2 Å². The quantitative estimate of drug-likeness (QED) is 0.620. The van der Waals surface area contributed by atoms with Gasteiger partial charge in [0.2, 0.25) is 0 Å². The van der Waals surface area contributed by atoms with Crippen molar-refractivity contribution >= 4 is 5.97 Å². The summed E-state index contributed by atoms with van der Waals surface area (Å²) in [5, 5.41) is 17.3. The van der Waals surface area contributed by atoms with Crippen LogP contribution < -0.4 is 0 Å². The number of likely N-dealkylation sites (tertiary alicyclic amines) is 1. The Morgan fingerprint density at radius 1 is 1.46 bits per heavy atom. The van der Waals surface area contributed by atoms with E-state index in [9.17, 15) is 4.79 Å². The summed E-state index contributed by atoms with van der Waals surface area (Å²) < 4.78 is 0. The number of aliphatic carboxylic acids is 1. The number of hydrogen-bond acceptors (Lipinski definition) is 3. The molecule has 0 aromatic rings. The van der Waals surface area contributed by atoms with E-state index >= 15 is 0 Å². The molecule has 1 heterocycles. The van der Waals surface area contributed by atoms with E-state index in [1.54, 1.807) is 6.20 Å². The van der Waals surface area contributed by atoms with Gasteiger partial charge < -0.3 is 15.1 Å². The van der Waals surface area contributed by atoms with Gasteiger partial charge in [-0.05, 0) is 18.8 Å². The number of aliphatic hydroxyl groups excluding tert-OH is 1. The number of hydrogen-bond donors (Lipinski definition) is 2. The van der Waals surface area contributed by atoms with E-state index < -0.39 is 5.97 Å². The highest BCUT2D eigenvalue weighted by Gasteiger charge is 2.15. The summed E-state index contributed by atoms with van der Waals surface area (Å²) in [6.07, 6.45) is 4.65. The molecule has 1 saturated heterocycles. The lowest BCUT2D eigenvalue weighted by atomic mass is 9.98. The van der Waals surface area contributed by atoms with Gasteiger partial charge in [-0.1, -0.05) is 0 Å². The van der Waals surface area contributed by atoms with Crippen molar-refractivity contribution in [2.24, 2.45) is 5.92 Å². The topological polar surface area (TPSA) is 60.8 Å². The Balaban J connectivity index is 2.28. The molecule has 0 atom stereocenters. The highest BCUT2D eigenvalue weighted by Crippen LogP contribution is 2.16. The Hall–Kier alpha value is -1.03. The summed E-state index contributed by atoms with van der Waals surface area (Å²) >= 11 is 0. The minimum Gasteiger partial charge on any atom is -0.478 e. The van der Waals surface area contributed by atoms with Crippen LogP contribution in [0.2, 0.25) is 0 Å². The van der Waals surface area contributed by atoms with E-state index in [0.717, 1.165) is 32.0 Å². The maximum absolute atomic E-state index is 10.2. The molecule has 4 nitrogen and oxygen atoms in total. The average molecular weight is 185 g/mol. The average Bonchev–Trinajstić information content (AvgIpc) is 2.15. The standard InChI is InChI=1S/C9H15NO3/c11-7-8-1-4-10(5-2-8)6-3-9(12)13/h3,6,8,11H,1-2,4-5,7H2,(H,12,13). The molecule has 1 rings (SSSR count). The third-order valence-corrected chi connectivity index (χ3v) is 2.34. The minimum atomic E-state index is -0.913. The molecular formula is C9H15NO3. The van der Waals surface area contributed by atoms with Crippen LogP contribution in [-0.2, 0) is 4.79 Å². The van der Waals surface area contributed by atoms with Gasteiger partial charge in [0.25, 0.3) is 0 Å². The van der Waals surface area contributed by atoms with Gasteiger partial charge in [0.05, 0.1) is 0 Å². The van der Waals surface area contributed by atoms with Crippen LogP contribution in [0.4, 0.5) is 0 Å². The molecule has 0 radical (unpaired) electrons. The Morgan fingerprint density at radius 2 is 2.08 bits per heavy atom. The lowest BCUT2D eigenvalue weighted by Gasteiger charge is -2.29. The first-order chi connectivity index (χ1) is 6.22. The highest BCUT2D eigenvalue weighted by molar-refractivity contribution is 5.79. The molecule has 0 saturated carbocycles. The molecule has 1 aliphatic rings. The van der Waals surface area contributed by atoms with E-state index in [0.29, 0.717) is 5.92 Å². The molecule has 13 heavy (non-hydrogen) atoms. The van der Waals surface area contributed by atoms with Crippen molar-refractivity contribution in [2.75, 3.05) is 19.7 Å². The van der Waals surface area contributed by atoms with Crippen molar-refractivity contribution < 1.29 is 15.0 Å². The van der Waals surface area contributed by atoms with Crippen molar-refractivity contribution in [1.82, 2.24) is 4.90 Å². The van der Waals surface area contributed by atoms with Crippen LogP contribution in [0.15, 0.2) is 12.3 Å². The van der Waals surface area contributed by atoms with Crippen molar-refractivity contribution in [3.05, 3.63) is 12.3 Å².